The van der Waals surface area contributed by atoms with Crippen molar-refractivity contribution in [1.29, 1.82) is 0 Å². The smallest absolute Gasteiger partial charge is 0.274 e. The summed E-state index contributed by atoms with van der Waals surface area (Å²) in [6.45, 7) is 4.51. The molecule has 1 amide bonds. The minimum atomic E-state index is -0.755. The Labute approximate surface area is 135 Å². The Bertz CT molecular complexity index is 574. The molecule has 3 fully saturated rings. The fraction of sp³-hybridized carbons (Fsp3) is 0.688. The summed E-state index contributed by atoms with van der Waals surface area (Å²) in [6, 6.07) is 3.80. The molecule has 0 bridgehead atoms. The number of alkyl halides is 1. The highest BCUT2D eigenvalue weighted by Gasteiger charge is 2.37. The first kappa shape index (κ1) is 14.8. The number of halogens is 1. The Morgan fingerprint density at radius 3 is 2.65 bits per heavy atom. The first-order chi connectivity index (χ1) is 11.2. The van der Waals surface area contributed by atoms with Crippen LogP contribution in [0.5, 0.6) is 0 Å². The zero-order chi connectivity index (χ0) is 15.8. The fourth-order valence-electron chi connectivity index (χ4n) is 3.88. The van der Waals surface area contributed by atoms with Gasteiger partial charge in [-0.05, 0) is 31.4 Å². The minimum Gasteiger partial charge on any atom is -0.355 e. The van der Waals surface area contributed by atoms with Crippen LogP contribution < -0.4 is 4.90 Å². The van der Waals surface area contributed by atoms with E-state index in [1.807, 2.05) is 6.07 Å². The second kappa shape index (κ2) is 6.03. The SMILES string of the molecule is O=C(c1ccc(N2CCCC2)nn1)N1CCN2C[C@@H](F)C[C@H]2C1. The molecule has 23 heavy (non-hydrogen) atoms. The first-order valence-electron chi connectivity index (χ1n) is 8.47. The molecule has 0 radical (unpaired) electrons. The monoisotopic (exact) mass is 319 g/mol. The lowest BCUT2D eigenvalue weighted by atomic mass is 10.1. The maximum Gasteiger partial charge on any atom is 0.274 e. The molecule has 7 heteroatoms. The molecule has 1 aromatic heterocycles. The molecule has 1 aromatic rings. The van der Waals surface area contributed by atoms with Gasteiger partial charge >= 0.3 is 0 Å². The zero-order valence-corrected chi connectivity index (χ0v) is 13.2. The van der Waals surface area contributed by atoms with Crippen molar-refractivity contribution in [1.82, 2.24) is 20.0 Å². The fourth-order valence-corrected chi connectivity index (χ4v) is 3.88. The Balaban J connectivity index is 1.42. The van der Waals surface area contributed by atoms with Crippen LogP contribution in [0.25, 0.3) is 0 Å². The van der Waals surface area contributed by atoms with Gasteiger partial charge in [0.1, 0.15) is 6.17 Å². The van der Waals surface area contributed by atoms with E-state index in [0.717, 1.165) is 25.5 Å². The maximum atomic E-state index is 13.5. The van der Waals surface area contributed by atoms with Crippen LogP contribution in [0.4, 0.5) is 10.2 Å². The molecule has 3 aliphatic rings. The number of hydrogen-bond donors (Lipinski definition) is 0. The van der Waals surface area contributed by atoms with Crippen molar-refractivity contribution in [3.05, 3.63) is 17.8 Å². The number of carbonyl (C=O) groups excluding carboxylic acids is 1. The van der Waals surface area contributed by atoms with Gasteiger partial charge in [0.05, 0.1) is 0 Å². The van der Waals surface area contributed by atoms with Gasteiger partial charge in [0.15, 0.2) is 11.5 Å². The molecule has 4 rings (SSSR count). The lowest BCUT2D eigenvalue weighted by Gasteiger charge is -2.36. The maximum absolute atomic E-state index is 13.5. The number of carbonyl (C=O) groups is 1. The van der Waals surface area contributed by atoms with Gasteiger partial charge in [-0.25, -0.2) is 4.39 Å². The summed E-state index contributed by atoms with van der Waals surface area (Å²) in [5, 5.41) is 8.34. The predicted octanol–water partition coefficient (Wildman–Crippen LogP) is 0.945. The van der Waals surface area contributed by atoms with Crippen molar-refractivity contribution in [3.63, 3.8) is 0 Å². The van der Waals surface area contributed by atoms with Crippen LogP contribution in [0.3, 0.4) is 0 Å². The third kappa shape index (κ3) is 2.89. The number of nitrogens with zero attached hydrogens (tertiary/aromatic N) is 5. The third-order valence-corrected chi connectivity index (χ3v) is 5.15. The molecule has 124 valence electrons. The lowest BCUT2D eigenvalue weighted by Crippen LogP contribution is -2.52. The minimum absolute atomic E-state index is 0.0903. The molecule has 6 nitrogen and oxygen atoms in total. The third-order valence-electron chi connectivity index (χ3n) is 5.15. The molecular weight excluding hydrogens is 297 g/mol. The van der Waals surface area contributed by atoms with Crippen LogP contribution in [-0.4, -0.2) is 77.4 Å². The van der Waals surface area contributed by atoms with Crippen LogP contribution in [0, 0.1) is 0 Å². The van der Waals surface area contributed by atoms with Crippen LogP contribution in [0.15, 0.2) is 12.1 Å². The van der Waals surface area contributed by atoms with Crippen molar-refractivity contribution in [2.45, 2.75) is 31.5 Å². The average Bonchev–Trinajstić information content (AvgIpc) is 3.22. The number of hydrogen-bond acceptors (Lipinski definition) is 5. The Hall–Kier alpha value is -1.76. The number of fused-ring (bicyclic) bond motifs is 1. The molecule has 0 aromatic carbocycles. The largest absolute Gasteiger partial charge is 0.355 e. The zero-order valence-electron chi connectivity index (χ0n) is 13.2. The lowest BCUT2D eigenvalue weighted by molar-refractivity contribution is 0.0564. The molecule has 0 aliphatic carbocycles. The van der Waals surface area contributed by atoms with Crippen molar-refractivity contribution >= 4 is 11.7 Å². The van der Waals surface area contributed by atoms with Crippen LogP contribution in [0.2, 0.25) is 0 Å². The van der Waals surface area contributed by atoms with Gasteiger partial charge in [-0.1, -0.05) is 0 Å². The van der Waals surface area contributed by atoms with E-state index in [0.29, 0.717) is 31.7 Å². The Morgan fingerprint density at radius 2 is 1.91 bits per heavy atom. The summed E-state index contributed by atoms with van der Waals surface area (Å²) >= 11 is 0. The molecule has 3 saturated heterocycles. The number of anilines is 1. The van der Waals surface area contributed by atoms with Gasteiger partial charge < -0.3 is 9.80 Å². The number of amides is 1. The van der Waals surface area contributed by atoms with E-state index in [4.69, 9.17) is 0 Å². The second-order valence-electron chi connectivity index (χ2n) is 6.70. The summed E-state index contributed by atoms with van der Waals surface area (Å²) in [6.07, 6.45) is 2.14. The van der Waals surface area contributed by atoms with Crippen molar-refractivity contribution < 1.29 is 9.18 Å². The van der Waals surface area contributed by atoms with Gasteiger partial charge in [-0.2, -0.15) is 0 Å². The highest BCUT2D eigenvalue weighted by molar-refractivity contribution is 5.92. The van der Waals surface area contributed by atoms with Crippen molar-refractivity contribution in [2.24, 2.45) is 0 Å². The topological polar surface area (TPSA) is 52.6 Å². The molecule has 0 spiro atoms. The standard InChI is InChI=1S/C16H22FN5O/c17-12-9-13-11-22(8-7-21(13)10-12)16(23)14-3-4-15(19-18-14)20-5-1-2-6-20/h3-4,12-13H,1-2,5-11H2/t12-,13-/m0/s1. The van der Waals surface area contributed by atoms with Crippen molar-refractivity contribution in [3.8, 4) is 0 Å². The van der Waals surface area contributed by atoms with Gasteiger partial charge in [-0.3, -0.25) is 9.69 Å². The molecule has 0 saturated carbocycles. The van der Waals surface area contributed by atoms with Gasteiger partial charge in [0.25, 0.3) is 5.91 Å². The van der Waals surface area contributed by atoms with Crippen molar-refractivity contribution in [2.75, 3.05) is 44.2 Å². The van der Waals surface area contributed by atoms with E-state index in [9.17, 15) is 9.18 Å². The second-order valence-corrected chi connectivity index (χ2v) is 6.70. The van der Waals surface area contributed by atoms with E-state index in [2.05, 4.69) is 20.0 Å². The molecule has 0 unspecified atom stereocenters. The molecular formula is C16H22FN5O. The van der Waals surface area contributed by atoms with Gasteiger partial charge in [-0.15, -0.1) is 10.2 Å². The van der Waals surface area contributed by atoms with Crippen LogP contribution in [-0.2, 0) is 0 Å². The predicted molar refractivity (Wildman–Crippen MR) is 84.3 cm³/mol. The molecule has 4 heterocycles. The summed E-state index contributed by atoms with van der Waals surface area (Å²) in [4.78, 5) is 18.7. The van der Waals surface area contributed by atoms with Crippen LogP contribution in [0.1, 0.15) is 29.8 Å². The summed E-state index contributed by atoms with van der Waals surface area (Å²) in [5.41, 5.74) is 0.385. The molecule has 2 atom stereocenters. The van der Waals surface area contributed by atoms with Gasteiger partial charge in [0.2, 0.25) is 0 Å². The highest BCUT2D eigenvalue weighted by Crippen LogP contribution is 2.25. The van der Waals surface area contributed by atoms with Gasteiger partial charge in [0, 0.05) is 45.3 Å². The molecule has 3 aliphatic heterocycles. The normalized spacial score (nSPS) is 28.2. The van der Waals surface area contributed by atoms with E-state index in [1.54, 1.807) is 11.0 Å². The summed E-state index contributed by atoms with van der Waals surface area (Å²) in [7, 11) is 0. The van der Waals surface area contributed by atoms with E-state index in [-0.39, 0.29) is 11.9 Å². The highest BCUT2D eigenvalue weighted by atomic mass is 19.1. The first-order valence-corrected chi connectivity index (χ1v) is 8.47. The summed E-state index contributed by atoms with van der Waals surface area (Å²) in [5.74, 6) is 0.757. The van der Waals surface area contributed by atoms with E-state index >= 15 is 0 Å². The Morgan fingerprint density at radius 1 is 1.09 bits per heavy atom. The average molecular weight is 319 g/mol. The Kier molecular flexibility index (Phi) is 3.88. The number of aromatic nitrogens is 2. The summed E-state index contributed by atoms with van der Waals surface area (Å²) < 4.78 is 13.5. The quantitative estimate of drug-likeness (QED) is 0.812. The number of rotatable bonds is 2. The number of piperazine rings is 1. The van der Waals surface area contributed by atoms with E-state index in [1.165, 1.54) is 12.8 Å². The van der Waals surface area contributed by atoms with E-state index < -0.39 is 6.17 Å². The van der Waals surface area contributed by atoms with Crippen LogP contribution >= 0.6 is 0 Å². The molecule has 0 N–H and O–H groups in total.